The van der Waals surface area contributed by atoms with E-state index in [1.54, 1.807) is 0 Å². The molecule has 1 saturated carbocycles. The zero-order valence-electron chi connectivity index (χ0n) is 14.8. The van der Waals surface area contributed by atoms with Gasteiger partial charge in [0.05, 0.1) is 6.10 Å². The molecule has 0 aromatic carbocycles. The summed E-state index contributed by atoms with van der Waals surface area (Å²) in [6, 6.07) is 0. The second-order valence-corrected chi connectivity index (χ2v) is 6.53. The molecule has 1 aliphatic rings. The Balaban J connectivity index is 2.04. The van der Waals surface area contributed by atoms with Crippen molar-refractivity contribution in [1.82, 2.24) is 0 Å². The Kier molecular flexibility index (Phi) is 11.9. The Hall–Kier alpha value is -0.830. The van der Waals surface area contributed by atoms with Gasteiger partial charge in [-0.1, -0.05) is 69.1 Å². The molecule has 4 unspecified atom stereocenters. The highest BCUT2D eigenvalue weighted by Crippen LogP contribution is 2.43. The first kappa shape index (κ1) is 20.2. The maximum atomic E-state index is 5.25. The average molecular weight is 332 g/mol. The van der Waals surface area contributed by atoms with Gasteiger partial charge in [-0.2, -0.15) is 0 Å². The fourth-order valence-electron chi connectivity index (χ4n) is 2.61. The molecule has 0 aromatic rings. The van der Waals surface area contributed by atoms with Gasteiger partial charge in [0.25, 0.3) is 0 Å². The molecule has 0 aromatic heterocycles. The summed E-state index contributed by atoms with van der Waals surface area (Å²) >= 11 is 0. The van der Waals surface area contributed by atoms with Crippen LogP contribution in [0.1, 0.15) is 65.2 Å². The van der Waals surface area contributed by atoms with E-state index < -0.39 is 0 Å². The molecule has 128 valence electrons. The Morgan fingerprint density at radius 3 is 2.74 bits per heavy atom. The van der Waals surface area contributed by atoms with Crippen LogP contribution in [0.4, 0.5) is 0 Å². The summed E-state index contributed by atoms with van der Waals surface area (Å²) in [5.74, 6) is 8.20. The minimum atomic E-state index is 0.326. The van der Waals surface area contributed by atoms with E-state index in [9.17, 15) is 0 Å². The van der Waals surface area contributed by atoms with Crippen molar-refractivity contribution in [3.05, 3.63) is 36.5 Å². The maximum absolute atomic E-state index is 5.25. The lowest BCUT2D eigenvalue weighted by molar-refractivity contribution is 0.224. The third-order valence-electron chi connectivity index (χ3n) is 4.32. The number of hydrogen-bond acceptors (Lipinski definition) is 1. The first-order chi connectivity index (χ1) is 11.3. The van der Waals surface area contributed by atoms with E-state index in [1.165, 1.54) is 25.7 Å². The Morgan fingerprint density at radius 1 is 1.17 bits per heavy atom. The van der Waals surface area contributed by atoms with Gasteiger partial charge in [0.2, 0.25) is 0 Å². The molecular weight excluding hydrogens is 299 g/mol. The van der Waals surface area contributed by atoms with Gasteiger partial charge < -0.3 is 4.52 Å². The molecule has 1 fully saturated rings. The van der Waals surface area contributed by atoms with E-state index in [0.717, 1.165) is 37.5 Å². The number of allylic oxidation sites excluding steroid dienone is 6. The molecule has 0 saturated heterocycles. The van der Waals surface area contributed by atoms with Crippen LogP contribution in [0.2, 0.25) is 0 Å². The predicted molar refractivity (Wildman–Crippen MR) is 105 cm³/mol. The monoisotopic (exact) mass is 332 g/mol. The van der Waals surface area contributed by atoms with Crippen molar-refractivity contribution in [2.24, 2.45) is 11.8 Å². The van der Waals surface area contributed by atoms with E-state index in [4.69, 9.17) is 4.52 Å². The minimum absolute atomic E-state index is 0.326. The maximum Gasteiger partial charge on any atom is 0.0617 e. The van der Waals surface area contributed by atoms with Gasteiger partial charge in [-0.05, 0) is 37.5 Å². The normalized spacial score (nSPS) is 21.9. The van der Waals surface area contributed by atoms with Crippen LogP contribution in [0.15, 0.2) is 36.5 Å². The molecule has 0 heterocycles. The number of rotatable bonds is 11. The van der Waals surface area contributed by atoms with Crippen molar-refractivity contribution in [2.45, 2.75) is 71.3 Å². The van der Waals surface area contributed by atoms with Crippen molar-refractivity contribution in [2.75, 3.05) is 0 Å². The second kappa shape index (κ2) is 13.6. The van der Waals surface area contributed by atoms with Gasteiger partial charge in [0.15, 0.2) is 0 Å². The van der Waals surface area contributed by atoms with Gasteiger partial charge in [0.1, 0.15) is 0 Å². The van der Waals surface area contributed by atoms with E-state index in [0.29, 0.717) is 6.10 Å². The van der Waals surface area contributed by atoms with Crippen LogP contribution in [0.5, 0.6) is 0 Å². The highest BCUT2D eigenvalue weighted by molar-refractivity contribution is 7.09. The number of hydrogen-bond donors (Lipinski definition) is 0. The molecule has 0 aliphatic heterocycles. The second-order valence-electron chi connectivity index (χ2n) is 6.26. The molecule has 0 spiro atoms. The largest absolute Gasteiger partial charge is 0.362 e. The van der Waals surface area contributed by atoms with Crippen molar-refractivity contribution < 1.29 is 4.52 Å². The third kappa shape index (κ3) is 10.5. The van der Waals surface area contributed by atoms with Crippen LogP contribution >= 0.6 is 9.47 Å². The summed E-state index contributed by atoms with van der Waals surface area (Å²) in [4.78, 5) is 0. The Labute approximate surface area is 145 Å². The zero-order chi connectivity index (χ0) is 16.8. The molecule has 1 aliphatic carbocycles. The van der Waals surface area contributed by atoms with E-state index in [-0.39, 0.29) is 0 Å². The topological polar surface area (TPSA) is 9.23 Å². The molecule has 0 radical (unpaired) electrons. The lowest BCUT2D eigenvalue weighted by Crippen LogP contribution is -2.04. The van der Waals surface area contributed by atoms with Crippen molar-refractivity contribution in [3.8, 4) is 11.8 Å². The van der Waals surface area contributed by atoms with Gasteiger partial charge in [-0.15, -0.1) is 5.92 Å². The summed E-state index contributed by atoms with van der Waals surface area (Å²) in [5.41, 5.74) is 0. The summed E-state index contributed by atoms with van der Waals surface area (Å²) < 4.78 is 5.25. The van der Waals surface area contributed by atoms with E-state index >= 15 is 0 Å². The van der Waals surface area contributed by atoms with E-state index in [2.05, 4.69) is 71.6 Å². The van der Waals surface area contributed by atoms with Crippen LogP contribution < -0.4 is 0 Å². The molecule has 1 nitrogen and oxygen atoms in total. The van der Waals surface area contributed by atoms with Gasteiger partial charge >= 0.3 is 0 Å². The highest BCUT2D eigenvalue weighted by Gasteiger charge is 2.33. The molecule has 23 heavy (non-hydrogen) atoms. The van der Waals surface area contributed by atoms with Gasteiger partial charge in [-0.3, -0.25) is 0 Å². The molecule has 2 heteroatoms. The molecule has 0 amide bonds. The summed E-state index contributed by atoms with van der Waals surface area (Å²) in [6.45, 7) is 4.41. The van der Waals surface area contributed by atoms with E-state index in [1.807, 2.05) is 0 Å². The lowest BCUT2D eigenvalue weighted by atomic mass is 10.1. The fraction of sp³-hybridized carbons (Fsp3) is 0.619. The lowest BCUT2D eigenvalue weighted by Gasteiger charge is -2.09. The molecule has 4 atom stereocenters. The average Bonchev–Trinajstić information content (AvgIpc) is 3.32. The minimum Gasteiger partial charge on any atom is -0.362 e. The Morgan fingerprint density at radius 2 is 2.00 bits per heavy atom. The highest BCUT2D eigenvalue weighted by atomic mass is 31.0. The van der Waals surface area contributed by atoms with Crippen LogP contribution in [-0.4, -0.2) is 6.10 Å². The SMILES string of the molecule is CCCCC1CC1/C=C/C=C/C=C\CC#CCCC(CC)OP. The first-order valence-corrected chi connectivity index (χ1v) is 9.60. The summed E-state index contributed by atoms with van der Waals surface area (Å²) in [5, 5.41) is 0. The van der Waals surface area contributed by atoms with Crippen LogP contribution in [-0.2, 0) is 4.52 Å². The van der Waals surface area contributed by atoms with Crippen molar-refractivity contribution >= 4 is 9.47 Å². The zero-order valence-corrected chi connectivity index (χ0v) is 16.0. The summed E-state index contributed by atoms with van der Waals surface area (Å²) in [7, 11) is 2.34. The molecule has 0 N–H and O–H groups in total. The number of unbranched alkanes of at least 4 members (excludes halogenated alkanes) is 1. The van der Waals surface area contributed by atoms with Crippen LogP contribution in [0.3, 0.4) is 0 Å². The summed E-state index contributed by atoms with van der Waals surface area (Å²) in [6.07, 6.45) is 22.6. The smallest absolute Gasteiger partial charge is 0.0617 e. The van der Waals surface area contributed by atoms with Crippen molar-refractivity contribution in [3.63, 3.8) is 0 Å². The quantitative estimate of drug-likeness (QED) is 0.247. The first-order valence-electron chi connectivity index (χ1n) is 9.13. The molecular formula is C21H33OP. The van der Waals surface area contributed by atoms with Crippen molar-refractivity contribution in [1.29, 1.82) is 0 Å². The molecule has 1 rings (SSSR count). The van der Waals surface area contributed by atoms with Crippen LogP contribution in [0.25, 0.3) is 0 Å². The predicted octanol–water partition coefficient (Wildman–Crippen LogP) is 6.24. The van der Waals surface area contributed by atoms with Crippen LogP contribution in [0, 0.1) is 23.7 Å². The molecule has 0 bridgehead atoms. The fourth-order valence-corrected chi connectivity index (χ4v) is 2.94. The Bertz CT molecular complexity index is 434. The standard InChI is InChI=1S/C21H33OP/c1-3-5-15-19-18-20(19)16-13-11-9-7-6-8-10-12-14-17-21(4-2)22-23/h6-7,9,11,13,16,19-21H,3-5,8,14-15,17-18,23H2,1-2H3/b7-6-,11-9+,16-13+. The van der Waals surface area contributed by atoms with Gasteiger partial charge in [-0.25, -0.2) is 0 Å². The van der Waals surface area contributed by atoms with Gasteiger partial charge in [0, 0.05) is 22.3 Å². The third-order valence-corrected chi connectivity index (χ3v) is 4.70.